The van der Waals surface area contributed by atoms with Gasteiger partial charge in [0.1, 0.15) is 11.8 Å². The number of rotatable bonds is 6. The monoisotopic (exact) mass is 352 g/mol. The molecule has 0 radical (unpaired) electrons. The summed E-state index contributed by atoms with van der Waals surface area (Å²) in [5.74, 6) is 1.35. The number of pyridine rings is 1. The van der Waals surface area contributed by atoms with Gasteiger partial charge in [-0.2, -0.15) is 4.98 Å². The third kappa shape index (κ3) is 3.88. The molecule has 1 N–H and O–H groups in total. The predicted octanol–water partition coefficient (Wildman–Crippen LogP) is 3.27. The zero-order valence-electron chi connectivity index (χ0n) is 14.8. The minimum atomic E-state index is -0.400. The Balaban J connectivity index is 1.79. The number of hydrogen-bond acceptors (Lipinski definition) is 6. The number of nitrogens with one attached hydrogen (secondary N) is 1. The standard InChI is InChI=1S/C19H20N4O3/c1-12(2)16(21-18(24)13-6-8-15(25-3)9-7-13)19-22-17(23-26-19)14-5-4-10-20-11-14/h4-12,16H,1-3H3,(H,21,24). The smallest absolute Gasteiger partial charge is 0.251 e. The third-order valence-corrected chi connectivity index (χ3v) is 3.93. The Morgan fingerprint density at radius 2 is 1.96 bits per heavy atom. The summed E-state index contributed by atoms with van der Waals surface area (Å²) in [6.45, 7) is 3.96. The van der Waals surface area contributed by atoms with E-state index < -0.39 is 6.04 Å². The Hall–Kier alpha value is -3.22. The fraction of sp³-hybridized carbons (Fsp3) is 0.263. The zero-order chi connectivity index (χ0) is 18.5. The van der Waals surface area contributed by atoms with Gasteiger partial charge in [0, 0.05) is 23.5 Å². The first-order valence-corrected chi connectivity index (χ1v) is 8.27. The molecule has 1 aromatic carbocycles. The summed E-state index contributed by atoms with van der Waals surface area (Å²) in [6, 6.07) is 10.2. The van der Waals surface area contributed by atoms with Gasteiger partial charge in [0.05, 0.1) is 7.11 Å². The summed E-state index contributed by atoms with van der Waals surface area (Å²) in [6.07, 6.45) is 3.34. The van der Waals surface area contributed by atoms with Crippen LogP contribution in [0.1, 0.15) is 36.1 Å². The van der Waals surface area contributed by atoms with E-state index in [1.54, 1.807) is 49.8 Å². The van der Waals surface area contributed by atoms with Gasteiger partial charge in [-0.05, 0) is 42.3 Å². The molecule has 1 unspecified atom stereocenters. The lowest BCUT2D eigenvalue weighted by Gasteiger charge is -2.18. The molecule has 0 fully saturated rings. The van der Waals surface area contributed by atoms with E-state index in [0.29, 0.717) is 23.0 Å². The van der Waals surface area contributed by atoms with Crippen molar-refractivity contribution in [3.8, 4) is 17.1 Å². The van der Waals surface area contributed by atoms with Crippen molar-refractivity contribution in [1.29, 1.82) is 0 Å². The molecular formula is C19H20N4O3. The maximum absolute atomic E-state index is 12.6. The van der Waals surface area contributed by atoms with Crippen LogP contribution < -0.4 is 10.1 Å². The number of aromatic nitrogens is 3. The van der Waals surface area contributed by atoms with Crippen molar-refractivity contribution < 1.29 is 14.1 Å². The lowest BCUT2D eigenvalue weighted by atomic mass is 10.0. The highest BCUT2D eigenvalue weighted by molar-refractivity contribution is 5.94. The minimum absolute atomic E-state index is 0.0689. The molecular weight excluding hydrogens is 332 g/mol. The maximum Gasteiger partial charge on any atom is 0.251 e. The van der Waals surface area contributed by atoms with Crippen LogP contribution in [0.2, 0.25) is 0 Å². The lowest BCUT2D eigenvalue weighted by Crippen LogP contribution is -2.32. The van der Waals surface area contributed by atoms with Crippen LogP contribution >= 0.6 is 0 Å². The lowest BCUT2D eigenvalue weighted by molar-refractivity contribution is 0.0914. The summed E-state index contributed by atoms with van der Waals surface area (Å²) < 4.78 is 10.5. The molecule has 3 aromatic rings. The first-order chi connectivity index (χ1) is 12.6. The second-order valence-corrected chi connectivity index (χ2v) is 6.12. The van der Waals surface area contributed by atoms with Crippen molar-refractivity contribution in [2.75, 3.05) is 7.11 Å². The second kappa shape index (κ2) is 7.77. The number of hydrogen-bond donors (Lipinski definition) is 1. The Morgan fingerprint density at radius 1 is 1.19 bits per heavy atom. The van der Waals surface area contributed by atoms with Gasteiger partial charge in [-0.1, -0.05) is 19.0 Å². The number of carbonyl (C=O) groups excluding carboxylic acids is 1. The molecule has 1 amide bonds. The van der Waals surface area contributed by atoms with Gasteiger partial charge in [0.15, 0.2) is 0 Å². The molecule has 0 bridgehead atoms. The number of amides is 1. The first-order valence-electron chi connectivity index (χ1n) is 8.27. The Labute approximate surface area is 151 Å². The summed E-state index contributed by atoms with van der Waals surface area (Å²) >= 11 is 0. The van der Waals surface area contributed by atoms with Crippen LogP contribution in [0.5, 0.6) is 5.75 Å². The normalized spacial score (nSPS) is 12.0. The van der Waals surface area contributed by atoms with Crippen LogP contribution in [-0.4, -0.2) is 28.1 Å². The largest absolute Gasteiger partial charge is 0.497 e. The molecule has 0 aliphatic rings. The number of ether oxygens (including phenoxy) is 1. The molecule has 0 saturated carbocycles. The van der Waals surface area contributed by atoms with Crippen molar-refractivity contribution in [3.05, 3.63) is 60.2 Å². The molecule has 134 valence electrons. The molecule has 7 heteroatoms. The third-order valence-electron chi connectivity index (χ3n) is 3.93. The topological polar surface area (TPSA) is 90.1 Å². The summed E-state index contributed by atoms with van der Waals surface area (Å²) in [7, 11) is 1.58. The van der Waals surface area contributed by atoms with E-state index in [4.69, 9.17) is 9.26 Å². The molecule has 0 spiro atoms. The van der Waals surface area contributed by atoms with Crippen molar-refractivity contribution in [1.82, 2.24) is 20.4 Å². The summed E-state index contributed by atoms with van der Waals surface area (Å²) in [4.78, 5) is 21.0. The highest BCUT2D eigenvalue weighted by Gasteiger charge is 2.25. The van der Waals surface area contributed by atoms with Gasteiger partial charge in [0.2, 0.25) is 11.7 Å². The van der Waals surface area contributed by atoms with E-state index in [1.807, 2.05) is 19.9 Å². The molecule has 2 aromatic heterocycles. The molecule has 0 aliphatic heterocycles. The SMILES string of the molecule is COc1ccc(C(=O)NC(c2nc(-c3cccnc3)no2)C(C)C)cc1. The van der Waals surface area contributed by atoms with E-state index >= 15 is 0 Å². The van der Waals surface area contributed by atoms with E-state index in [2.05, 4.69) is 20.4 Å². The molecule has 2 heterocycles. The molecule has 0 saturated heterocycles. The molecule has 3 rings (SSSR count). The average Bonchev–Trinajstić information content (AvgIpc) is 3.16. The number of methoxy groups -OCH3 is 1. The van der Waals surface area contributed by atoms with Crippen LogP contribution in [-0.2, 0) is 0 Å². The van der Waals surface area contributed by atoms with Crippen molar-refractivity contribution in [2.45, 2.75) is 19.9 Å². The molecule has 26 heavy (non-hydrogen) atoms. The van der Waals surface area contributed by atoms with Crippen LogP contribution in [0.3, 0.4) is 0 Å². The van der Waals surface area contributed by atoms with E-state index in [9.17, 15) is 4.79 Å². The number of nitrogens with zero attached hydrogens (tertiary/aromatic N) is 3. The number of benzene rings is 1. The van der Waals surface area contributed by atoms with E-state index in [-0.39, 0.29) is 11.8 Å². The summed E-state index contributed by atoms with van der Waals surface area (Å²) in [5.41, 5.74) is 1.29. The fourth-order valence-electron chi connectivity index (χ4n) is 2.45. The van der Waals surface area contributed by atoms with Crippen LogP contribution in [0, 0.1) is 5.92 Å². The van der Waals surface area contributed by atoms with Crippen molar-refractivity contribution >= 4 is 5.91 Å². The van der Waals surface area contributed by atoms with Gasteiger partial charge in [-0.15, -0.1) is 0 Å². The van der Waals surface area contributed by atoms with Crippen LogP contribution in [0.25, 0.3) is 11.4 Å². The van der Waals surface area contributed by atoms with Crippen molar-refractivity contribution in [3.63, 3.8) is 0 Å². The van der Waals surface area contributed by atoms with Crippen LogP contribution in [0.15, 0.2) is 53.3 Å². The minimum Gasteiger partial charge on any atom is -0.497 e. The maximum atomic E-state index is 12.6. The van der Waals surface area contributed by atoms with Gasteiger partial charge in [-0.3, -0.25) is 9.78 Å². The summed E-state index contributed by atoms with van der Waals surface area (Å²) in [5, 5.41) is 6.96. The predicted molar refractivity (Wildman–Crippen MR) is 95.6 cm³/mol. The van der Waals surface area contributed by atoms with Gasteiger partial charge in [-0.25, -0.2) is 0 Å². The fourth-order valence-corrected chi connectivity index (χ4v) is 2.45. The second-order valence-electron chi connectivity index (χ2n) is 6.12. The van der Waals surface area contributed by atoms with Crippen LogP contribution in [0.4, 0.5) is 0 Å². The Morgan fingerprint density at radius 3 is 2.58 bits per heavy atom. The quantitative estimate of drug-likeness (QED) is 0.732. The zero-order valence-corrected chi connectivity index (χ0v) is 14.8. The van der Waals surface area contributed by atoms with Gasteiger partial charge in [0.25, 0.3) is 5.91 Å². The molecule has 7 nitrogen and oxygen atoms in total. The van der Waals surface area contributed by atoms with Gasteiger partial charge >= 0.3 is 0 Å². The highest BCUT2D eigenvalue weighted by Crippen LogP contribution is 2.24. The molecule has 0 aliphatic carbocycles. The Bertz CT molecular complexity index is 860. The average molecular weight is 352 g/mol. The van der Waals surface area contributed by atoms with Gasteiger partial charge < -0.3 is 14.6 Å². The van der Waals surface area contributed by atoms with Crippen molar-refractivity contribution in [2.24, 2.45) is 5.92 Å². The van der Waals surface area contributed by atoms with E-state index in [0.717, 1.165) is 5.56 Å². The Kier molecular flexibility index (Phi) is 5.26. The first kappa shape index (κ1) is 17.6. The van der Waals surface area contributed by atoms with E-state index in [1.165, 1.54) is 0 Å². The highest BCUT2D eigenvalue weighted by atomic mass is 16.5. The molecule has 1 atom stereocenters. The number of carbonyl (C=O) groups is 1.